The Morgan fingerprint density at radius 2 is 0.776 bits per heavy atom. The lowest BCUT2D eigenvalue weighted by atomic mass is 9.97. The van der Waals surface area contributed by atoms with Crippen molar-refractivity contribution in [1.29, 1.82) is 0 Å². The third-order valence-corrected chi connectivity index (χ3v) is 17.9. The van der Waals surface area contributed by atoms with Gasteiger partial charge in [-0.05, 0) is 44.9 Å². The highest BCUT2D eigenvalue weighted by atomic mass is 16.7. The molecule has 12 unspecified atom stereocenters. The van der Waals surface area contributed by atoms with E-state index in [0.717, 1.165) is 57.8 Å². The molecule has 12 atom stereocenters. The molecule has 0 aromatic carbocycles. The first-order valence-electron chi connectivity index (χ1n) is 36.1. The molecule has 2 rings (SSSR count). The molecule has 85 heavy (non-hydrogen) atoms. The van der Waals surface area contributed by atoms with Gasteiger partial charge >= 0.3 is 0 Å². The maximum absolute atomic E-state index is 13.3. The second kappa shape index (κ2) is 56.5. The normalized spacial score (nSPS) is 23.6. The topological polar surface area (TPSA) is 228 Å². The van der Waals surface area contributed by atoms with Gasteiger partial charge in [0.05, 0.1) is 32.0 Å². The van der Waals surface area contributed by atoms with Crippen LogP contribution in [0.5, 0.6) is 0 Å². The van der Waals surface area contributed by atoms with Gasteiger partial charge in [-0.3, -0.25) is 4.79 Å². The molecule has 0 saturated carbocycles. The summed E-state index contributed by atoms with van der Waals surface area (Å²) in [5, 5.41) is 87.3. The van der Waals surface area contributed by atoms with Crippen molar-refractivity contribution >= 4 is 5.91 Å². The minimum atomic E-state index is -1.78. The fourth-order valence-electron chi connectivity index (χ4n) is 12.2. The Morgan fingerprint density at radius 1 is 0.424 bits per heavy atom. The van der Waals surface area contributed by atoms with Crippen LogP contribution in [-0.2, 0) is 23.7 Å². The molecular weight excluding hydrogens is 1070 g/mol. The maximum Gasteiger partial charge on any atom is 0.220 e. The van der Waals surface area contributed by atoms with Crippen LogP contribution in [0.15, 0.2) is 24.3 Å². The van der Waals surface area contributed by atoms with Crippen LogP contribution in [0.25, 0.3) is 0 Å². The van der Waals surface area contributed by atoms with E-state index in [4.69, 9.17) is 18.9 Å². The van der Waals surface area contributed by atoms with Crippen LogP contribution >= 0.6 is 0 Å². The Kier molecular flexibility index (Phi) is 52.8. The zero-order chi connectivity index (χ0) is 61.6. The number of allylic oxidation sites excluding steroid dienone is 4. The molecular formula is C71H135NO13. The van der Waals surface area contributed by atoms with Crippen molar-refractivity contribution in [2.45, 2.75) is 402 Å². The number of unbranched alkanes of at least 4 members (excludes halogenated alkanes) is 43. The quantitative estimate of drug-likeness (QED) is 0.0204. The predicted molar refractivity (Wildman–Crippen MR) is 346 cm³/mol. The molecule has 0 radical (unpaired) electrons. The molecule has 2 heterocycles. The van der Waals surface area contributed by atoms with E-state index in [2.05, 4.69) is 43.5 Å². The van der Waals surface area contributed by atoms with Gasteiger partial charge in [0.1, 0.15) is 48.8 Å². The van der Waals surface area contributed by atoms with E-state index in [1.165, 1.54) is 244 Å². The van der Waals surface area contributed by atoms with Crippen LogP contribution in [0.4, 0.5) is 0 Å². The number of hydrogen-bond donors (Lipinski definition) is 9. The molecule has 2 saturated heterocycles. The Bertz CT molecular complexity index is 1520. The minimum Gasteiger partial charge on any atom is -0.394 e. The summed E-state index contributed by atoms with van der Waals surface area (Å²) in [6.07, 6.45) is 53.8. The van der Waals surface area contributed by atoms with E-state index in [-0.39, 0.29) is 12.5 Å². The second-order valence-electron chi connectivity index (χ2n) is 25.7. The number of amides is 1. The number of aliphatic hydroxyl groups is 8. The molecule has 502 valence electrons. The monoisotopic (exact) mass is 1210 g/mol. The SMILES string of the molecule is CCCCCCC/C=C\C/C=C\CCCCCCCCCCCCCCCCCCCCCCCCCCCCCC(=O)NC(COC1OC(CO)C(OC2OC(CO)C(O)C(O)C2O)C(O)C1O)C(O)CCCCCCCCCCCCCC. The largest absolute Gasteiger partial charge is 0.394 e. The first-order chi connectivity index (χ1) is 41.6. The minimum absolute atomic E-state index is 0.201. The molecule has 1 amide bonds. The first kappa shape index (κ1) is 79.6. The van der Waals surface area contributed by atoms with Crippen molar-refractivity contribution in [2.24, 2.45) is 0 Å². The van der Waals surface area contributed by atoms with Gasteiger partial charge in [0.2, 0.25) is 5.91 Å². The van der Waals surface area contributed by atoms with Crippen molar-refractivity contribution in [2.75, 3.05) is 19.8 Å². The number of aliphatic hydroxyl groups excluding tert-OH is 8. The molecule has 9 N–H and O–H groups in total. The fourth-order valence-corrected chi connectivity index (χ4v) is 12.2. The van der Waals surface area contributed by atoms with Gasteiger partial charge < -0.3 is 65.1 Å². The highest BCUT2D eigenvalue weighted by Gasteiger charge is 2.51. The van der Waals surface area contributed by atoms with Gasteiger partial charge in [0.25, 0.3) is 0 Å². The van der Waals surface area contributed by atoms with Crippen LogP contribution in [0, 0.1) is 0 Å². The van der Waals surface area contributed by atoms with Crippen molar-refractivity contribution in [3.63, 3.8) is 0 Å². The molecule has 0 bridgehead atoms. The zero-order valence-electron chi connectivity index (χ0n) is 54.6. The summed E-state index contributed by atoms with van der Waals surface area (Å²) in [6, 6.07) is -0.824. The Hall–Kier alpha value is -1.53. The van der Waals surface area contributed by atoms with Gasteiger partial charge in [0.15, 0.2) is 12.6 Å². The van der Waals surface area contributed by atoms with Gasteiger partial charge in [-0.15, -0.1) is 0 Å². The van der Waals surface area contributed by atoms with Crippen LogP contribution in [0.3, 0.4) is 0 Å². The standard InChI is InChI=1S/C71H135NO13/c1-3-5-7-9-11-13-15-17-18-19-20-21-22-23-24-25-26-27-28-29-30-31-32-33-34-35-36-37-38-39-40-41-42-43-45-47-49-51-53-55-63(76)72-59(60(75)54-52-50-48-46-44-16-14-12-10-8-6-4-2)58-82-70-68(81)66(79)69(62(57-74)84-70)85-71-67(80)65(78)64(77)61(56-73)83-71/h15,17,19-20,59-62,64-71,73-75,77-81H,3-14,16,18,21-58H2,1-2H3,(H,72,76)/b17-15-,20-19-. The molecule has 2 aliphatic heterocycles. The molecule has 14 nitrogen and oxygen atoms in total. The number of rotatable bonds is 60. The Morgan fingerprint density at radius 3 is 1.18 bits per heavy atom. The van der Waals surface area contributed by atoms with E-state index < -0.39 is 86.8 Å². The average Bonchev–Trinajstić information content (AvgIpc) is 3.60. The molecule has 0 aliphatic carbocycles. The molecule has 0 aromatic heterocycles. The number of ether oxygens (including phenoxy) is 4. The lowest BCUT2D eigenvalue weighted by molar-refractivity contribution is -0.359. The van der Waals surface area contributed by atoms with Crippen LogP contribution in [-0.4, -0.2) is 140 Å². The van der Waals surface area contributed by atoms with E-state index in [1.807, 2.05) is 0 Å². The van der Waals surface area contributed by atoms with Crippen molar-refractivity contribution in [1.82, 2.24) is 5.32 Å². The number of hydrogen-bond acceptors (Lipinski definition) is 13. The van der Waals surface area contributed by atoms with Gasteiger partial charge in [-0.25, -0.2) is 0 Å². The smallest absolute Gasteiger partial charge is 0.220 e. The summed E-state index contributed by atoms with van der Waals surface area (Å²) in [5.41, 5.74) is 0. The summed E-state index contributed by atoms with van der Waals surface area (Å²) >= 11 is 0. The molecule has 2 aliphatic rings. The Labute approximate surface area is 519 Å². The lowest BCUT2D eigenvalue weighted by Crippen LogP contribution is -2.65. The van der Waals surface area contributed by atoms with Crippen LogP contribution in [0.1, 0.15) is 328 Å². The lowest BCUT2D eigenvalue weighted by Gasteiger charge is -2.46. The van der Waals surface area contributed by atoms with Crippen LogP contribution in [0.2, 0.25) is 0 Å². The fraction of sp³-hybridized carbons (Fsp3) is 0.930. The summed E-state index contributed by atoms with van der Waals surface area (Å²) in [6.45, 7) is 2.87. The van der Waals surface area contributed by atoms with E-state index in [0.29, 0.717) is 12.8 Å². The van der Waals surface area contributed by atoms with Crippen molar-refractivity contribution in [3.8, 4) is 0 Å². The second-order valence-corrected chi connectivity index (χ2v) is 25.7. The Balaban J connectivity index is 1.52. The van der Waals surface area contributed by atoms with E-state index in [9.17, 15) is 45.6 Å². The zero-order valence-corrected chi connectivity index (χ0v) is 54.6. The summed E-state index contributed by atoms with van der Waals surface area (Å²) in [4.78, 5) is 13.3. The summed E-state index contributed by atoms with van der Waals surface area (Å²) in [5.74, 6) is -0.201. The third kappa shape index (κ3) is 40.8. The van der Waals surface area contributed by atoms with E-state index in [1.54, 1.807) is 0 Å². The third-order valence-electron chi connectivity index (χ3n) is 17.9. The molecule has 0 spiro atoms. The van der Waals surface area contributed by atoms with E-state index >= 15 is 0 Å². The number of carbonyl (C=O) groups is 1. The van der Waals surface area contributed by atoms with Gasteiger partial charge in [-0.1, -0.05) is 301 Å². The van der Waals surface area contributed by atoms with Gasteiger partial charge in [-0.2, -0.15) is 0 Å². The summed E-state index contributed by atoms with van der Waals surface area (Å²) < 4.78 is 22.9. The van der Waals surface area contributed by atoms with Gasteiger partial charge in [0, 0.05) is 6.42 Å². The molecule has 0 aromatic rings. The summed E-state index contributed by atoms with van der Waals surface area (Å²) in [7, 11) is 0. The number of carbonyl (C=O) groups excluding carboxylic acids is 1. The molecule has 2 fully saturated rings. The van der Waals surface area contributed by atoms with Crippen LogP contribution < -0.4 is 5.32 Å². The first-order valence-corrected chi connectivity index (χ1v) is 36.1. The highest BCUT2D eigenvalue weighted by Crippen LogP contribution is 2.30. The maximum atomic E-state index is 13.3. The molecule has 14 heteroatoms. The average molecular weight is 1210 g/mol. The van der Waals surface area contributed by atoms with Crippen molar-refractivity contribution in [3.05, 3.63) is 24.3 Å². The number of nitrogens with one attached hydrogen (secondary N) is 1. The van der Waals surface area contributed by atoms with Crippen molar-refractivity contribution < 1.29 is 64.6 Å². The predicted octanol–water partition coefficient (Wildman–Crippen LogP) is 14.7. The highest BCUT2D eigenvalue weighted by molar-refractivity contribution is 5.76.